The van der Waals surface area contributed by atoms with Gasteiger partial charge in [0.25, 0.3) is 0 Å². The van der Waals surface area contributed by atoms with E-state index in [-0.39, 0.29) is 17.0 Å². The molecule has 0 unspecified atom stereocenters. The van der Waals surface area contributed by atoms with Gasteiger partial charge >= 0.3 is 6.36 Å². The Labute approximate surface area is 209 Å². The average Bonchev–Trinajstić information content (AvgIpc) is 2.85. The molecule has 0 N–H and O–H groups in total. The van der Waals surface area contributed by atoms with E-state index in [2.05, 4.69) is 11.7 Å². The van der Waals surface area contributed by atoms with Crippen molar-refractivity contribution in [1.29, 1.82) is 0 Å². The number of unbranched alkanes of at least 4 members (excludes halogenated alkanes) is 1. The fraction of sp³-hybridized carbons (Fsp3) is 0.586. The molecule has 0 amide bonds. The van der Waals surface area contributed by atoms with Crippen LogP contribution < -0.4 is 4.74 Å². The largest absolute Gasteiger partial charge is 0.573 e. The summed E-state index contributed by atoms with van der Waals surface area (Å²) in [6, 6.07) is 5.93. The van der Waals surface area contributed by atoms with Crippen LogP contribution in [0.25, 0.3) is 11.1 Å². The van der Waals surface area contributed by atoms with Crippen molar-refractivity contribution < 1.29 is 31.1 Å². The summed E-state index contributed by atoms with van der Waals surface area (Å²) in [5, 5.41) is 0. The van der Waals surface area contributed by atoms with Crippen molar-refractivity contribution in [2.45, 2.75) is 89.8 Å². The average molecular weight is 513 g/mol. The third-order valence-electron chi connectivity index (χ3n) is 8.29. The quantitative estimate of drug-likeness (QED) is 0.336. The standard InChI is InChI=1S/C29H34F6O/c1-2-3-4-18-5-7-19(8-6-18)20-9-11-21(12-10-20)22-13-14-24(25(30)15-22)23-16-26(31)28(27(32)17-23)36-29(33,34)35/h13-21H,2-12H2,1H3. The molecular weight excluding hydrogens is 478 g/mol. The molecular formula is C29H34F6O. The van der Waals surface area contributed by atoms with Gasteiger partial charge < -0.3 is 4.74 Å². The van der Waals surface area contributed by atoms with Crippen LogP contribution in [0.2, 0.25) is 0 Å². The molecule has 2 aromatic carbocycles. The number of hydrogen-bond donors (Lipinski definition) is 0. The second-order valence-corrected chi connectivity index (χ2v) is 10.6. The molecule has 198 valence electrons. The third kappa shape index (κ3) is 6.57. The highest BCUT2D eigenvalue weighted by Crippen LogP contribution is 2.45. The fourth-order valence-corrected chi connectivity index (χ4v) is 6.31. The predicted octanol–water partition coefficient (Wildman–Crippen LogP) is 9.94. The molecule has 0 saturated heterocycles. The number of benzene rings is 2. The second-order valence-electron chi connectivity index (χ2n) is 10.6. The highest BCUT2D eigenvalue weighted by molar-refractivity contribution is 5.66. The van der Waals surface area contributed by atoms with Gasteiger partial charge in [0.15, 0.2) is 11.6 Å². The molecule has 2 aliphatic carbocycles. The Hall–Kier alpha value is -2.18. The van der Waals surface area contributed by atoms with Gasteiger partial charge in [-0.1, -0.05) is 51.2 Å². The number of alkyl halides is 3. The van der Waals surface area contributed by atoms with Gasteiger partial charge in [0.05, 0.1) is 0 Å². The first kappa shape index (κ1) is 26.9. The van der Waals surface area contributed by atoms with E-state index in [1.807, 2.05) is 0 Å². The summed E-state index contributed by atoms with van der Waals surface area (Å²) in [6.07, 6.45) is 8.33. The van der Waals surface area contributed by atoms with Crippen molar-refractivity contribution in [2.24, 2.45) is 17.8 Å². The van der Waals surface area contributed by atoms with Crippen LogP contribution in [0.4, 0.5) is 26.3 Å². The molecule has 0 aliphatic heterocycles. The molecule has 36 heavy (non-hydrogen) atoms. The summed E-state index contributed by atoms with van der Waals surface area (Å²) in [4.78, 5) is 0. The number of halogens is 6. The van der Waals surface area contributed by atoms with Gasteiger partial charge in [0, 0.05) is 5.56 Å². The maximum atomic E-state index is 15.0. The molecule has 4 rings (SSSR count). The third-order valence-corrected chi connectivity index (χ3v) is 8.29. The highest BCUT2D eigenvalue weighted by atomic mass is 19.4. The van der Waals surface area contributed by atoms with Gasteiger partial charge in [-0.05, 0) is 91.5 Å². The van der Waals surface area contributed by atoms with E-state index < -0.39 is 29.6 Å². The molecule has 0 radical (unpaired) electrons. The maximum absolute atomic E-state index is 15.0. The smallest absolute Gasteiger partial charge is 0.399 e. The van der Waals surface area contributed by atoms with Gasteiger partial charge in [0.1, 0.15) is 5.82 Å². The monoisotopic (exact) mass is 512 g/mol. The van der Waals surface area contributed by atoms with E-state index in [1.54, 1.807) is 6.07 Å². The first-order valence-electron chi connectivity index (χ1n) is 13.2. The number of hydrogen-bond acceptors (Lipinski definition) is 1. The zero-order chi connectivity index (χ0) is 25.9. The van der Waals surface area contributed by atoms with Crippen LogP contribution in [-0.4, -0.2) is 6.36 Å². The van der Waals surface area contributed by atoms with Crippen molar-refractivity contribution in [3.05, 3.63) is 53.3 Å². The van der Waals surface area contributed by atoms with Crippen molar-refractivity contribution in [2.75, 3.05) is 0 Å². The van der Waals surface area contributed by atoms with E-state index >= 15 is 0 Å². The Balaban J connectivity index is 1.37. The fourth-order valence-electron chi connectivity index (χ4n) is 6.31. The maximum Gasteiger partial charge on any atom is 0.573 e. The normalized spacial score (nSPS) is 25.1. The first-order valence-corrected chi connectivity index (χ1v) is 13.2. The van der Waals surface area contributed by atoms with Gasteiger partial charge in [-0.15, -0.1) is 13.2 Å². The summed E-state index contributed by atoms with van der Waals surface area (Å²) in [5.74, 6) is -2.60. The predicted molar refractivity (Wildman–Crippen MR) is 128 cm³/mol. The minimum Gasteiger partial charge on any atom is -0.399 e. The zero-order valence-corrected chi connectivity index (χ0v) is 20.7. The lowest BCUT2D eigenvalue weighted by atomic mass is 9.68. The Kier molecular flexibility index (Phi) is 8.56. The molecule has 0 heterocycles. The Morgan fingerprint density at radius 3 is 1.89 bits per heavy atom. The summed E-state index contributed by atoms with van der Waals surface area (Å²) >= 11 is 0. The van der Waals surface area contributed by atoms with Gasteiger partial charge in [-0.3, -0.25) is 0 Å². The van der Waals surface area contributed by atoms with E-state index in [9.17, 15) is 26.3 Å². The Bertz CT molecular complexity index is 994. The lowest BCUT2D eigenvalue weighted by Gasteiger charge is -2.38. The van der Waals surface area contributed by atoms with Crippen molar-refractivity contribution >= 4 is 0 Å². The van der Waals surface area contributed by atoms with Crippen LogP contribution in [0.1, 0.15) is 89.0 Å². The second kappa shape index (κ2) is 11.5. The first-order chi connectivity index (χ1) is 17.1. The molecule has 2 saturated carbocycles. The van der Waals surface area contributed by atoms with Gasteiger partial charge in [-0.25, -0.2) is 13.2 Å². The Morgan fingerprint density at radius 2 is 1.36 bits per heavy atom. The molecule has 1 nitrogen and oxygen atoms in total. The summed E-state index contributed by atoms with van der Waals surface area (Å²) < 4.78 is 83.7. The number of rotatable bonds is 7. The van der Waals surface area contributed by atoms with Crippen molar-refractivity contribution in [1.82, 2.24) is 0 Å². The summed E-state index contributed by atoms with van der Waals surface area (Å²) in [5.41, 5.74) is 0.612. The highest BCUT2D eigenvalue weighted by Gasteiger charge is 2.35. The van der Waals surface area contributed by atoms with Gasteiger partial charge in [0.2, 0.25) is 5.75 Å². The molecule has 0 atom stereocenters. The van der Waals surface area contributed by atoms with E-state index in [0.29, 0.717) is 12.1 Å². The lowest BCUT2D eigenvalue weighted by molar-refractivity contribution is -0.276. The van der Waals surface area contributed by atoms with Crippen LogP contribution in [0.15, 0.2) is 30.3 Å². The molecule has 2 fully saturated rings. The molecule has 0 bridgehead atoms. The van der Waals surface area contributed by atoms with Crippen LogP contribution in [0, 0.1) is 35.2 Å². The van der Waals surface area contributed by atoms with Crippen LogP contribution in [0.5, 0.6) is 5.75 Å². The summed E-state index contributed by atoms with van der Waals surface area (Å²) in [7, 11) is 0. The Morgan fingerprint density at radius 1 is 0.778 bits per heavy atom. The summed E-state index contributed by atoms with van der Waals surface area (Å²) in [6.45, 7) is 2.25. The van der Waals surface area contributed by atoms with E-state index in [1.165, 1.54) is 57.1 Å². The van der Waals surface area contributed by atoms with E-state index in [0.717, 1.165) is 49.0 Å². The molecule has 7 heteroatoms. The minimum atomic E-state index is -5.23. The molecule has 2 aromatic rings. The lowest BCUT2D eigenvalue weighted by Crippen LogP contribution is -2.25. The van der Waals surface area contributed by atoms with Crippen LogP contribution in [-0.2, 0) is 0 Å². The molecule has 0 spiro atoms. The van der Waals surface area contributed by atoms with Gasteiger partial charge in [-0.2, -0.15) is 0 Å². The topological polar surface area (TPSA) is 9.23 Å². The van der Waals surface area contributed by atoms with Crippen molar-refractivity contribution in [3.63, 3.8) is 0 Å². The number of ether oxygens (including phenoxy) is 1. The van der Waals surface area contributed by atoms with Crippen LogP contribution >= 0.6 is 0 Å². The SMILES string of the molecule is CCCCC1CCC(C2CCC(c3ccc(-c4cc(F)c(OC(F)(F)F)c(F)c4)c(F)c3)CC2)CC1. The molecule has 0 aromatic heterocycles. The zero-order valence-electron chi connectivity index (χ0n) is 20.7. The minimum absolute atomic E-state index is 0.0661. The van der Waals surface area contributed by atoms with Crippen LogP contribution in [0.3, 0.4) is 0 Å². The van der Waals surface area contributed by atoms with E-state index in [4.69, 9.17) is 0 Å². The molecule has 2 aliphatic rings. The van der Waals surface area contributed by atoms with Crippen molar-refractivity contribution in [3.8, 4) is 16.9 Å².